The lowest BCUT2D eigenvalue weighted by Gasteiger charge is -2.11. The van der Waals surface area contributed by atoms with Crippen LogP contribution in [0.4, 0.5) is 22.7 Å². The van der Waals surface area contributed by atoms with Crippen LogP contribution in [-0.4, -0.2) is 24.3 Å². The van der Waals surface area contributed by atoms with Crippen LogP contribution >= 0.6 is 0 Å². The fourth-order valence-corrected chi connectivity index (χ4v) is 2.26. The molecule has 0 fully saturated rings. The van der Waals surface area contributed by atoms with Crippen molar-refractivity contribution >= 4 is 40.5 Å². The lowest BCUT2D eigenvalue weighted by molar-refractivity contribution is -0.119. The van der Waals surface area contributed by atoms with Gasteiger partial charge in [-0.2, -0.15) is 0 Å². The van der Waals surface area contributed by atoms with E-state index in [1.807, 2.05) is 13.8 Å². The molecule has 3 amide bonds. The molecular weight excluding hydrogens is 344 g/mol. The van der Waals surface area contributed by atoms with Crippen molar-refractivity contribution in [2.75, 3.05) is 27.8 Å². The van der Waals surface area contributed by atoms with Crippen molar-refractivity contribution in [2.45, 2.75) is 20.8 Å². The Morgan fingerprint density at radius 2 is 1.33 bits per heavy atom. The van der Waals surface area contributed by atoms with E-state index in [9.17, 15) is 14.4 Å². The maximum Gasteiger partial charge on any atom is 0.243 e. The van der Waals surface area contributed by atoms with Crippen molar-refractivity contribution in [1.29, 1.82) is 0 Å². The van der Waals surface area contributed by atoms with E-state index >= 15 is 0 Å². The third-order valence-electron chi connectivity index (χ3n) is 3.57. The number of carbonyl (C=O) groups excluding carboxylic acids is 3. The molecule has 0 aromatic heterocycles. The standard InChI is InChI=1S/C20H24N4O3/c1-13(2)20(27)24-18-9-5-8-17(11-18)23-19(26)12-21-15-6-4-7-16(10-15)22-14(3)25/h4-11,13,21H,12H2,1-3H3,(H,22,25)(H,23,26)(H,24,27). The molecule has 0 aliphatic rings. The summed E-state index contributed by atoms with van der Waals surface area (Å²) in [4.78, 5) is 35.0. The molecule has 4 N–H and O–H groups in total. The minimum absolute atomic E-state index is 0.0616. The third kappa shape index (κ3) is 6.81. The number of benzene rings is 2. The molecule has 0 atom stereocenters. The Kier molecular flexibility index (Phi) is 6.93. The highest BCUT2D eigenvalue weighted by atomic mass is 16.2. The lowest BCUT2D eigenvalue weighted by Crippen LogP contribution is -2.22. The molecular formula is C20H24N4O3. The predicted molar refractivity (Wildman–Crippen MR) is 108 cm³/mol. The molecule has 7 heteroatoms. The van der Waals surface area contributed by atoms with Crippen LogP contribution in [0.25, 0.3) is 0 Å². The number of hydrogen-bond acceptors (Lipinski definition) is 4. The van der Waals surface area contributed by atoms with Gasteiger partial charge in [-0.3, -0.25) is 14.4 Å². The summed E-state index contributed by atoms with van der Waals surface area (Å²) in [6.45, 7) is 5.12. The fourth-order valence-electron chi connectivity index (χ4n) is 2.26. The average Bonchev–Trinajstić information content (AvgIpc) is 2.60. The number of rotatable bonds is 7. The molecule has 2 aromatic carbocycles. The molecule has 142 valence electrons. The first-order valence-corrected chi connectivity index (χ1v) is 8.66. The van der Waals surface area contributed by atoms with Crippen LogP contribution in [0.2, 0.25) is 0 Å². The van der Waals surface area contributed by atoms with Crippen molar-refractivity contribution in [2.24, 2.45) is 5.92 Å². The summed E-state index contributed by atoms with van der Waals surface area (Å²) in [6, 6.07) is 14.1. The van der Waals surface area contributed by atoms with Gasteiger partial charge in [0.05, 0.1) is 6.54 Å². The monoisotopic (exact) mass is 368 g/mol. The van der Waals surface area contributed by atoms with Gasteiger partial charge in [-0.1, -0.05) is 26.0 Å². The Bertz CT molecular complexity index is 833. The summed E-state index contributed by atoms with van der Waals surface area (Å²) in [5, 5.41) is 11.3. The number of anilines is 4. The number of nitrogens with one attached hydrogen (secondary N) is 4. The summed E-state index contributed by atoms with van der Waals surface area (Å²) in [5.41, 5.74) is 2.59. The van der Waals surface area contributed by atoms with Crippen molar-refractivity contribution in [3.63, 3.8) is 0 Å². The van der Waals surface area contributed by atoms with Gasteiger partial charge in [0.25, 0.3) is 0 Å². The van der Waals surface area contributed by atoms with E-state index in [0.29, 0.717) is 22.7 Å². The molecule has 0 aliphatic heterocycles. The minimum Gasteiger partial charge on any atom is -0.376 e. The molecule has 2 rings (SSSR count). The first-order chi connectivity index (χ1) is 12.8. The van der Waals surface area contributed by atoms with E-state index < -0.39 is 0 Å². The van der Waals surface area contributed by atoms with E-state index in [0.717, 1.165) is 0 Å². The van der Waals surface area contributed by atoms with Crippen LogP contribution < -0.4 is 21.3 Å². The Morgan fingerprint density at radius 3 is 1.93 bits per heavy atom. The van der Waals surface area contributed by atoms with E-state index in [4.69, 9.17) is 0 Å². The Hall–Kier alpha value is -3.35. The maximum absolute atomic E-state index is 12.2. The molecule has 2 aromatic rings. The zero-order valence-electron chi connectivity index (χ0n) is 15.6. The van der Waals surface area contributed by atoms with Gasteiger partial charge in [-0.15, -0.1) is 0 Å². The SMILES string of the molecule is CC(=O)Nc1cccc(NCC(=O)Nc2cccc(NC(=O)C(C)C)c2)c1. The summed E-state index contributed by atoms with van der Waals surface area (Å²) in [6.07, 6.45) is 0. The average molecular weight is 368 g/mol. The van der Waals surface area contributed by atoms with Gasteiger partial charge in [-0.05, 0) is 36.4 Å². The van der Waals surface area contributed by atoms with Crippen molar-refractivity contribution < 1.29 is 14.4 Å². The lowest BCUT2D eigenvalue weighted by atomic mass is 10.2. The van der Waals surface area contributed by atoms with Gasteiger partial charge in [0.1, 0.15) is 0 Å². The normalized spacial score (nSPS) is 10.2. The van der Waals surface area contributed by atoms with Gasteiger partial charge in [0, 0.05) is 35.6 Å². The Balaban J connectivity index is 1.90. The maximum atomic E-state index is 12.2. The van der Waals surface area contributed by atoms with E-state index in [1.165, 1.54) is 6.92 Å². The highest BCUT2D eigenvalue weighted by molar-refractivity contribution is 5.96. The smallest absolute Gasteiger partial charge is 0.243 e. The first kappa shape index (κ1) is 20.0. The van der Waals surface area contributed by atoms with E-state index in [-0.39, 0.29) is 30.2 Å². The Labute approximate surface area is 158 Å². The third-order valence-corrected chi connectivity index (χ3v) is 3.57. The van der Waals surface area contributed by atoms with Gasteiger partial charge >= 0.3 is 0 Å². The van der Waals surface area contributed by atoms with Gasteiger partial charge < -0.3 is 21.3 Å². The molecule has 0 radical (unpaired) electrons. The van der Waals surface area contributed by atoms with Gasteiger partial charge in [0.2, 0.25) is 17.7 Å². The van der Waals surface area contributed by atoms with Crippen LogP contribution in [-0.2, 0) is 14.4 Å². The summed E-state index contributed by atoms with van der Waals surface area (Å²) >= 11 is 0. The molecule has 0 aliphatic carbocycles. The highest BCUT2D eigenvalue weighted by Crippen LogP contribution is 2.17. The Morgan fingerprint density at radius 1 is 0.815 bits per heavy atom. The first-order valence-electron chi connectivity index (χ1n) is 8.66. The predicted octanol–water partition coefficient (Wildman–Crippen LogP) is 3.29. The number of hydrogen-bond donors (Lipinski definition) is 4. The second kappa shape index (κ2) is 9.38. The molecule has 0 bridgehead atoms. The molecule has 0 saturated carbocycles. The van der Waals surface area contributed by atoms with Crippen molar-refractivity contribution in [1.82, 2.24) is 0 Å². The van der Waals surface area contributed by atoms with E-state index in [1.54, 1.807) is 48.5 Å². The van der Waals surface area contributed by atoms with Crippen LogP contribution in [0.3, 0.4) is 0 Å². The molecule has 0 spiro atoms. The van der Waals surface area contributed by atoms with Gasteiger partial charge in [-0.25, -0.2) is 0 Å². The van der Waals surface area contributed by atoms with Crippen LogP contribution in [0, 0.1) is 5.92 Å². The van der Waals surface area contributed by atoms with Crippen LogP contribution in [0.15, 0.2) is 48.5 Å². The van der Waals surface area contributed by atoms with Crippen LogP contribution in [0.5, 0.6) is 0 Å². The summed E-state index contributed by atoms with van der Waals surface area (Å²) in [7, 11) is 0. The van der Waals surface area contributed by atoms with Crippen molar-refractivity contribution in [3.8, 4) is 0 Å². The van der Waals surface area contributed by atoms with Crippen molar-refractivity contribution in [3.05, 3.63) is 48.5 Å². The molecule has 0 saturated heterocycles. The summed E-state index contributed by atoms with van der Waals surface area (Å²) < 4.78 is 0. The second-order valence-corrected chi connectivity index (χ2v) is 6.39. The molecule has 0 unspecified atom stereocenters. The quantitative estimate of drug-likeness (QED) is 0.603. The molecule has 27 heavy (non-hydrogen) atoms. The largest absolute Gasteiger partial charge is 0.376 e. The molecule has 7 nitrogen and oxygen atoms in total. The van der Waals surface area contributed by atoms with Crippen LogP contribution in [0.1, 0.15) is 20.8 Å². The fraction of sp³-hybridized carbons (Fsp3) is 0.250. The topological polar surface area (TPSA) is 99.3 Å². The zero-order valence-corrected chi connectivity index (χ0v) is 15.6. The van der Waals surface area contributed by atoms with Gasteiger partial charge in [0.15, 0.2) is 0 Å². The second-order valence-electron chi connectivity index (χ2n) is 6.39. The number of amides is 3. The molecule has 0 heterocycles. The highest BCUT2D eigenvalue weighted by Gasteiger charge is 2.08. The van der Waals surface area contributed by atoms with E-state index in [2.05, 4.69) is 21.3 Å². The minimum atomic E-state index is -0.229. The zero-order chi connectivity index (χ0) is 19.8. The summed E-state index contributed by atoms with van der Waals surface area (Å²) in [5.74, 6) is -0.596. The number of carbonyl (C=O) groups is 3.